The van der Waals surface area contributed by atoms with Gasteiger partial charge in [-0.1, -0.05) is 18.2 Å². The Morgan fingerprint density at radius 3 is 2.69 bits per heavy atom. The van der Waals surface area contributed by atoms with Gasteiger partial charge < -0.3 is 14.3 Å². The van der Waals surface area contributed by atoms with Gasteiger partial charge in [-0.05, 0) is 30.3 Å². The quantitative estimate of drug-likeness (QED) is 0.465. The van der Waals surface area contributed by atoms with Gasteiger partial charge in [0.2, 0.25) is 11.8 Å². The molecule has 2 aromatic carbocycles. The summed E-state index contributed by atoms with van der Waals surface area (Å²) in [5.74, 6) is 0.0993. The molecule has 10 nitrogen and oxygen atoms in total. The number of nitrogens with one attached hydrogen (secondary N) is 1. The molecular formula is C22H18N6O4. The minimum Gasteiger partial charge on any atom is -0.436 e. The molecule has 0 aliphatic carbocycles. The van der Waals surface area contributed by atoms with E-state index in [0.717, 1.165) is 15.6 Å². The number of aromatic nitrogens is 5. The monoisotopic (exact) mass is 430 g/mol. The number of hydrogen-bond acceptors (Lipinski definition) is 6. The zero-order chi connectivity index (χ0) is 22.4. The second-order valence-electron chi connectivity index (χ2n) is 7.37. The predicted molar refractivity (Wildman–Crippen MR) is 118 cm³/mol. The molecule has 0 spiro atoms. The van der Waals surface area contributed by atoms with Gasteiger partial charge >= 0.3 is 5.69 Å². The first kappa shape index (κ1) is 19.5. The maximum atomic E-state index is 12.7. The Balaban J connectivity index is 1.41. The van der Waals surface area contributed by atoms with Crippen molar-refractivity contribution < 1.29 is 9.21 Å². The highest BCUT2D eigenvalue weighted by molar-refractivity contribution is 5.92. The Morgan fingerprint density at radius 1 is 1.06 bits per heavy atom. The van der Waals surface area contributed by atoms with Crippen LogP contribution in [0, 0.1) is 0 Å². The first-order valence-corrected chi connectivity index (χ1v) is 9.79. The molecule has 10 heteroatoms. The van der Waals surface area contributed by atoms with Gasteiger partial charge in [0, 0.05) is 25.3 Å². The van der Waals surface area contributed by atoms with Crippen LogP contribution in [0.2, 0.25) is 0 Å². The fraction of sp³-hybridized carbons (Fsp3) is 0.136. The average molecular weight is 430 g/mol. The molecule has 0 fully saturated rings. The van der Waals surface area contributed by atoms with Gasteiger partial charge in [0.25, 0.3) is 5.56 Å². The van der Waals surface area contributed by atoms with Crippen molar-refractivity contribution in [2.75, 3.05) is 5.32 Å². The lowest BCUT2D eigenvalue weighted by molar-refractivity contribution is -0.116. The van der Waals surface area contributed by atoms with Crippen molar-refractivity contribution in [2.45, 2.75) is 6.54 Å². The maximum Gasteiger partial charge on any atom is 0.332 e. The largest absolute Gasteiger partial charge is 0.436 e. The minimum atomic E-state index is -0.508. The Kier molecular flexibility index (Phi) is 4.47. The number of anilines is 1. The minimum absolute atomic E-state index is 0.142. The number of rotatable bonds is 4. The summed E-state index contributed by atoms with van der Waals surface area (Å²) in [6.45, 7) is -0.142. The highest BCUT2D eigenvalue weighted by Crippen LogP contribution is 2.26. The van der Waals surface area contributed by atoms with E-state index in [-0.39, 0.29) is 23.6 Å². The number of oxazole rings is 1. The fourth-order valence-electron chi connectivity index (χ4n) is 3.60. The highest BCUT2D eigenvalue weighted by Gasteiger charge is 2.16. The van der Waals surface area contributed by atoms with E-state index in [1.165, 1.54) is 29.6 Å². The van der Waals surface area contributed by atoms with Crippen LogP contribution in [-0.4, -0.2) is 29.6 Å². The predicted octanol–water partition coefficient (Wildman–Crippen LogP) is 1.88. The van der Waals surface area contributed by atoms with E-state index in [0.29, 0.717) is 17.2 Å². The number of carbonyl (C=O) groups excluding carboxylic acids is 1. The molecule has 0 saturated carbocycles. The highest BCUT2D eigenvalue weighted by atomic mass is 16.3. The molecule has 5 rings (SSSR count). The summed E-state index contributed by atoms with van der Waals surface area (Å²) >= 11 is 0. The third kappa shape index (κ3) is 3.18. The molecule has 1 amide bonds. The van der Waals surface area contributed by atoms with Crippen molar-refractivity contribution in [2.24, 2.45) is 14.1 Å². The fourth-order valence-corrected chi connectivity index (χ4v) is 3.60. The number of hydrogen-bond donors (Lipinski definition) is 1. The van der Waals surface area contributed by atoms with Crippen molar-refractivity contribution in [3.05, 3.63) is 75.7 Å². The standard InChI is InChI=1S/C22H18N6O4/c1-26-19-18(21(30)27(2)22(26)31)28(12-23-19)11-17(29)24-14-7-5-6-13(10-14)20-25-15-8-3-4-9-16(15)32-20/h3-10,12H,11H2,1-2H3,(H,24,29). The number of imidazole rings is 1. The van der Waals surface area contributed by atoms with Crippen molar-refractivity contribution in [3.8, 4) is 11.5 Å². The van der Waals surface area contributed by atoms with Crippen LogP contribution in [0.1, 0.15) is 0 Å². The van der Waals surface area contributed by atoms with Crippen LogP contribution in [0.15, 0.2) is 68.9 Å². The van der Waals surface area contributed by atoms with Gasteiger partial charge in [-0.3, -0.25) is 18.7 Å². The van der Waals surface area contributed by atoms with Gasteiger partial charge in [0.05, 0.1) is 6.33 Å². The molecule has 3 heterocycles. The maximum absolute atomic E-state index is 12.7. The van der Waals surface area contributed by atoms with Crippen LogP contribution in [0.3, 0.4) is 0 Å². The lowest BCUT2D eigenvalue weighted by atomic mass is 10.2. The summed E-state index contributed by atoms with van der Waals surface area (Å²) in [6.07, 6.45) is 1.37. The van der Waals surface area contributed by atoms with Crippen molar-refractivity contribution >= 4 is 33.9 Å². The smallest absolute Gasteiger partial charge is 0.332 e. The molecule has 5 aromatic rings. The van der Waals surface area contributed by atoms with E-state index in [9.17, 15) is 14.4 Å². The second-order valence-corrected chi connectivity index (χ2v) is 7.37. The number of fused-ring (bicyclic) bond motifs is 2. The van der Waals surface area contributed by atoms with Crippen molar-refractivity contribution in [1.29, 1.82) is 0 Å². The second kappa shape index (κ2) is 7.34. The summed E-state index contributed by atoms with van der Waals surface area (Å²) in [4.78, 5) is 45.9. The first-order valence-electron chi connectivity index (χ1n) is 9.79. The van der Waals surface area contributed by atoms with Crippen LogP contribution in [0.5, 0.6) is 0 Å². The van der Waals surface area contributed by atoms with Gasteiger partial charge in [-0.15, -0.1) is 0 Å². The molecule has 0 saturated heterocycles. The molecule has 0 unspecified atom stereocenters. The van der Waals surface area contributed by atoms with E-state index in [1.54, 1.807) is 18.2 Å². The molecule has 160 valence electrons. The van der Waals surface area contributed by atoms with E-state index in [4.69, 9.17) is 4.42 Å². The molecule has 0 bridgehead atoms. The molecule has 0 atom stereocenters. The third-order valence-corrected chi connectivity index (χ3v) is 5.22. The van der Waals surface area contributed by atoms with Crippen molar-refractivity contribution in [1.82, 2.24) is 23.7 Å². The Hall–Kier alpha value is -4.47. The topological polar surface area (TPSA) is 117 Å². The van der Waals surface area contributed by atoms with E-state index in [2.05, 4.69) is 15.3 Å². The first-order chi connectivity index (χ1) is 15.4. The van der Waals surface area contributed by atoms with Gasteiger partial charge in [0.15, 0.2) is 16.7 Å². The molecule has 0 aliphatic heterocycles. The number of amides is 1. The molecule has 32 heavy (non-hydrogen) atoms. The third-order valence-electron chi connectivity index (χ3n) is 5.22. The van der Waals surface area contributed by atoms with Crippen LogP contribution in [-0.2, 0) is 25.4 Å². The summed E-state index contributed by atoms with van der Waals surface area (Å²) in [5, 5.41) is 2.81. The summed E-state index contributed by atoms with van der Waals surface area (Å²) in [5.41, 5.74) is 2.13. The van der Waals surface area contributed by atoms with Gasteiger partial charge in [-0.2, -0.15) is 0 Å². The van der Waals surface area contributed by atoms with E-state index < -0.39 is 11.2 Å². The number of carbonyl (C=O) groups is 1. The van der Waals surface area contributed by atoms with E-state index in [1.807, 2.05) is 30.3 Å². The summed E-state index contributed by atoms with van der Waals surface area (Å²) < 4.78 is 9.48. The Morgan fingerprint density at radius 2 is 1.88 bits per heavy atom. The number of benzene rings is 2. The van der Waals surface area contributed by atoms with Crippen LogP contribution in [0.25, 0.3) is 33.7 Å². The van der Waals surface area contributed by atoms with Crippen LogP contribution >= 0.6 is 0 Å². The molecule has 3 aromatic heterocycles. The zero-order valence-corrected chi connectivity index (χ0v) is 17.3. The normalized spacial score (nSPS) is 11.3. The van der Waals surface area contributed by atoms with Crippen LogP contribution in [0.4, 0.5) is 5.69 Å². The molecule has 0 aliphatic rings. The number of aryl methyl sites for hydroxylation is 1. The molecular weight excluding hydrogens is 412 g/mol. The molecule has 1 N–H and O–H groups in total. The number of nitrogens with zero attached hydrogens (tertiary/aromatic N) is 5. The summed E-state index contributed by atoms with van der Waals surface area (Å²) in [7, 11) is 2.91. The lowest BCUT2D eigenvalue weighted by Crippen LogP contribution is -2.37. The zero-order valence-electron chi connectivity index (χ0n) is 17.3. The Labute approximate surface area is 180 Å². The van der Waals surface area contributed by atoms with Gasteiger partial charge in [-0.25, -0.2) is 14.8 Å². The van der Waals surface area contributed by atoms with Gasteiger partial charge in [0.1, 0.15) is 12.1 Å². The summed E-state index contributed by atoms with van der Waals surface area (Å²) in [6, 6.07) is 14.6. The Bertz CT molecular complexity index is 1590. The van der Waals surface area contributed by atoms with Crippen molar-refractivity contribution in [3.63, 3.8) is 0 Å². The van der Waals surface area contributed by atoms with Crippen LogP contribution < -0.4 is 16.6 Å². The SMILES string of the molecule is Cn1c(=O)c2c(ncn2CC(=O)Nc2cccc(-c3nc4ccccc4o3)c2)n(C)c1=O. The lowest BCUT2D eigenvalue weighted by Gasteiger charge is -2.08. The molecule has 0 radical (unpaired) electrons. The van der Waals surface area contributed by atoms with E-state index >= 15 is 0 Å². The average Bonchev–Trinajstić information content (AvgIpc) is 3.41. The number of para-hydroxylation sites is 2.